The summed E-state index contributed by atoms with van der Waals surface area (Å²) >= 11 is 0. The number of carbonyl (C=O) groups excluding carboxylic acids is 1. The Morgan fingerprint density at radius 3 is 2.23 bits per heavy atom. The third kappa shape index (κ3) is 3.31. The van der Waals surface area contributed by atoms with Crippen molar-refractivity contribution >= 4 is 11.6 Å². The number of aromatic nitrogens is 2. The number of carbonyl (C=O) groups is 1. The van der Waals surface area contributed by atoms with Crippen molar-refractivity contribution in [1.82, 2.24) is 15.1 Å². The molecule has 132 valence electrons. The largest absolute Gasteiger partial charge is 0.421 e. The number of nitrogens with zero attached hydrogens (tertiary/aromatic N) is 4. The van der Waals surface area contributed by atoms with E-state index in [0.717, 1.165) is 31.7 Å². The van der Waals surface area contributed by atoms with E-state index in [2.05, 4.69) is 27.2 Å². The normalized spacial score (nSPS) is 14.5. The smallest absolute Gasteiger partial charge is 0.253 e. The van der Waals surface area contributed by atoms with Crippen LogP contribution in [-0.4, -0.2) is 47.2 Å². The maximum absolute atomic E-state index is 12.8. The third-order valence-corrected chi connectivity index (χ3v) is 4.59. The van der Waals surface area contributed by atoms with Crippen LogP contribution >= 0.6 is 0 Å². The van der Waals surface area contributed by atoms with Gasteiger partial charge in [-0.15, -0.1) is 10.2 Å². The van der Waals surface area contributed by atoms with Crippen LogP contribution in [0.15, 0.2) is 59.0 Å². The zero-order valence-corrected chi connectivity index (χ0v) is 14.6. The number of rotatable bonds is 3. The van der Waals surface area contributed by atoms with Gasteiger partial charge in [-0.05, 0) is 36.4 Å². The highest BCUT2D eigenvalue weighted by atomic mass is 16.4. The fraction of sp³-hybridized carbons (Fsp3) is 0.250. The molecule has 4 rings (SSSR count). The van der Waals surface area contributed by atoms with E-state index in [1.54, 1.807) is 6.92 Å². The van der Waals surface area contributed by atoms with E-state index >= 15 is 0 Å². The zero-order chi connectivity index (χ0) is 17.9. The molecule has 3 aromatic rings. The standard InChI is InChI=1S/C20H20N4O2/c1-15-21-22-19(26-15)16-7-9-17(10-8-16)20(25)24-13-11-23(12-14-24)18-5-3-2-4-6-18/h2-10H,11-14H2,1H3. The lowest BCUT2D eigenvalue weighted by molar-refractivity contribution is 0.0747. The Morgan fingerprint density at radius 1 is 0.923 bits per heavy atom. The van der Waals surface area contributed by atoms with Gasteiger partial charge in [0.15, 0.2) is 0 Å². The Labute approximate surface area is 152 Å². The summed E-state index contributed by atoms with van der Waals surface area (Å²) in [6, 6.07) is 17.6. The van der Waals surface area contributed by atoms with E-state index in [9.17, 15) is 4.79 Å². The van der Waals surface area contributed by atoms with Crippen LogP contribution in [0.5, 0.6) is 0 Å². The highest BCUT2D eigenvalue weighted by Crippen LogP contribution is 2.20. The molecule has 0 radical (unpaired) electrons. The molecule has 0 atom stereocenters. The van der Waals surface area contributed by atoms with Crippen LogP contribution in [0.3, 0.4) is 0 Å². The Balaban J connectivity index is 1.40. The fourth-order valence-electron chi connectivity index (χ4n) is 3.16. The van der Waals surface area contributed by atoms with Gasteiger partial charge in [0.2, 0.25) is 11.8 Å². The molecule has 1 aliphatic rings. The van der Waals surface area contributed by atoms with Crippen LogP contribution in [0.25, 0.3) is 11.5 Å². The van der Waals surface area contributed by atoms with Gasteiger partial charge >= 0.3 is 0 Å². The van der Waals surface area contributed by atoms with E-state index < -0.39 is 0 Å². The summed E-state index contributed by atoms with van der Waals surface area (Å²) in [6.45, 7) is 4.88. The Hall–Kier alpha value is -3.15. The summed E-state index contributed by atoms with van der Waals surface area (Å²) in [7, 11) is 0. The minimum atomic E-state index is 0.0611. The SMILES string of the molecule is Cc1nnc(-c2ccc(C(=O)N3CCN(c4ccccc4)CC3)cc2)o1. The van der Waals surface area contributed by atoms with Gasteiger partial charge in [-0.2, -0.15) is 0 Å². The molecule has 6 heteroatoms. The fourth-order valence-corrected chi connectivity index (χ4v) is 3.16. The first-order valence-corrected chi connectivity index (χ1v) is 8.70. The van der Waals surface area contributed by atoms with E-state index in [0.29, 0.717) is 17.3 Å². The van der Waals surface area contributed by atoms with Gasteiger partial charge in [-0.1, -0.05) is 18.2 Å². The highest BCUT2D eigenvalue weighted by molar-refractivity contribution is 5.94. The Kier molecular flexibility index (Phi) is 4.39. The van der Waals surface area contributed by atoms with Crippen molar-refractivity contribution in [2.24, 2.45) is 0 Å². The lowest BCUT2D eigenvalue weighted by Crippen LogP contribution is -2.48. The van der Waals surface area contributed by atoms with Crippen molar-refractivity contribution in [3.63, 3.8) is 0 Å². The number of amides is 1. The Morgan fingerprint density at radius 2 is 1.62 bits per heavy atom. The van der Waals surface area contributed by atoms with Crippen molar-refractivity contribution in [1.29, 1.82) is 0 Å². The van der Waals surface area contributed by atoms with Crippen LogP contribution in [0.2, 0.25) is 0 Å². The molecule has 0 spiro atoms. The van der Waals surface area contributed by atoms with Gasteiger partial charge in [-0.25, -0.2) is 0 Å². The molecule has 1 aliphatic heterocycles. The van der Waals surface area contributed by atoms with Crippen LogP contribution < -0.4 is 4.90 Å². The van der Waals surface area contributed by atoms with Gasteiger partial charge in [0.05, 0.1) is 0 Å². The summed E-state index contributed by atoms with van der Waals surface area (Å²) in [5, 5.41) is 7.83. The van der Waals surface area contributed by atoms with E-state index in [1.165, 1.54) is 5.69 Å². The second kappa shape index (κ2) is 7.00. The second-order valence-corrected chi connectivity index (χ2v) is 6.32. The molecule has 1 amide bonds. The monoisotopic (exact) mass is 348 g/mol. The summed E-state index contributed by atoms with van der Waals surface area (Å²) in [5.74, 6) is 1.06. The molecular formula is C20H20N4O2. The number of hydrogen-bond donors (Lipinski definition) is 0. The van der Waals surface area contributed by atoms with Gasteiger partial charge in [0.1, 0.15) is 0 Å². The summed E-state index contributed by atoms with van der Waals surface area (Å²) in [6.07, 6.45) is 0. The minimum Gasteiger partial charge on any atom is -0.421 e. The van der Waals surface area contributed by atoms with Crippen LogP contribution in [0, 0.1) is 6.92 Å². The van der Waals surface area contributed by atoms with Crippen molar-refractivity contribution in [2.45, 2.75) is 6.92 Å². The average Bonchev–Trinajstić information content (AvgIpc) is 3.15. The second-order valence-electron chi connectivity index (χ2n) is 6.32. The van der Waals surface area contributed by atoms with Crippen LogP contribution in [0.4, 0.5) is 5.69 Å². The summed E-state index contributed by atoms with van der Waals surface area (Å²) < 4.78 is 5.42. The molecule has 0 unspecified atom stereocenters. The molecule has 1 fully saturated rings. The van der Waals surface area contributed by atoms with Crippen molar-refractivity contribution in [3.8, 4) is 11.5 Å². The molecule has 0 aliphatic carbocycles. The lowest BCUT2D eigenvalue weighted by atomic mass is 10.1. The molecule has 6 nitrogen and oxygen atoms in total. The zero-order valence-electron chi connectivity index (χ0n) is 14.6. The quantitative estimate of drug-likeness (QED) is 0.728. The lowest BCUT2D eigenvalue weighted by Gasteiger charge is -2.36. The van der Waals surface area contributed by atoms with Crippen molar-refractivity contribution in [3.05, 3.63) is 66.1 Å². The molecule has 0 saturated carbocycles. The van der Waals surface area contributed by atoms with Crippen molar-refractivity contribution < 1.29 is 9.21 Å². The topological polar surface area (TPSA) is 62.5 Å². The molecular weight excluding hydrogens is 328 g/mol. The third-order valence-electron chi connectivity index (χ3n) is 4.59. The van der Waals surface area contributed by atoms with Crippen LogP contribution in [-0.2, 0) is 0 Å². The maximum atomic E-state index is 12.8. The molecule has 1 saturated heterocycles. The van der Waals surface area contributed by atoms with Crippen molar-refractivity contribution in [2.75, 3.05) is 31.1 Å². The number of hydrogen-bond acceptors (Lipinski definition) is 5. The van der Waals surface area contributed by atoms with Gasteiger partial charge in [-0.3, -0.25) is 4.79 Å². The van der Waals surface area contributed by atoms with Crippen LogP contribution in [0.1, 0.15) is 16.2 Å². The van der Waals surface area contributed by atoms with E-state index in [4.69, 9.17) is 4.42 Å². The van der Waals surface area contributed by atoms with E-state index in [-0.39, 0.29) is 5.91 Å². The molecule has 26 heavy (non-hydrogen) atoms. The maximum Gasteiger partial charge on any atom is 0.253 e. The highest BCUT2D eigenvalue weighted by Gasteiger charge is 2.22. The predicted octanol–water partition coefficient (Wildman–Crippen LogP) is 3.01. The van der Waals surface area contributed by atoms with Gasteiger partial charge in [0, 0.05) is 49.9 Å². The Bertz CT molecular complexity index is 882. The predicted molar refractivity (Wildman–Crippen MR) is 99.0 cm³/mol. The number of anilines is 1. The van der Waals surface area contributed by atoms with Gasteiger partial charge in [0.25, 0.3) is 5.91 Å². The number of para-hydroxylation sites is 1. The molecule has 0 N–H and O–H groups in total. The first-order valence-electron chi connectivity index (χ1n) is 8.70. The molecule has 1 aromatic heterocycles. The number of benzene rings is 2. The minimum absolute atomic E-state index is 0.0611. The molecule has 2 aromatic carbocycles. The van der Waals surface area contributed by atoms with E-state index in [1.807, 2.05) is 47.4 Å². The average molecular weight is 348 g/mol. The summed E-state index contributed by atoms with van der Waals surface area (Å²) in [5.41, 5.74) is 2.70. The first kappa shape index (κ1) is 16.3. The molecule has 0 bridgehead atoms. The number of piperazine rings is 1. The number of aryl methyl sites for hydroxylation is 1. The summed E-state index contributed by atoms with van der Waals surface area (Å²) in [4.78, 5) is 17.0. The first-order chi connectivity index (χ1) is 12.7. The van der Waals surface area contributed by atoms with Gasteiger partial charge < -0.3 is 14.2 Å². The molecule has 2 heterocycles.